The largest absolute Gasteiger partial charge is 0.507 e. The molecule has 8 unspecified atom stereocenters. The van der Waals surface area contributed by atoms with Crippen LogP contribution in [0.1, 0.15) is 100.0 Å². The van der Waals surface area contributed by atoms with Gasteiger partial charge in [0.05, 0.1) is 29.5 Å². The van der Waals surface area contributed by atoms with E-state index in [9.17, 15) is 44.4 Å². The average molecular weight is 703 g/mol. The Kier molecular flexibility index (Phi) is 9.46. The molecule has 268 valence electrons. The first-order chi connectivity index (χ1) is 24.0. The predicted molar refractivity (Wildman–Crippen MR) is 177 cm³/mol. The molecule has 13 heteroatoms. The second kappa shape index (κ2) is 13.4. The molecular weight excluding hydrogens is 664 g/mol. The highest BCUT2D eigenvalue weighted by Gasteiger charge is 2.48. The smallest absolute Gasteiger partial charge is 0.364 e. The molecule has 0 aromatic heterocycles. The van der Waals surface area contributed by atoms with E-state index in [4.69, 9.17) is 18.9 Å². The summed E-state index contributed by atoms with van der Waals surface area (Å²) in [6.45, 7) is 6.08. The summed E-state index contributed by atoms with van der Waals surface area (Å²) in [7, 11) is 0. The molecule has 2 fully saturated rings. The molecule has 2 heterocycles. The number of carboxylic acid groups (broad SMARTS) is 1. The molecule has 0 spiro atoms. The second-order valence-electron chi connectivity index (χ2n) is 13.6. The van der Waals surface area contributed by atoms with Gasteiger partial charge in [0.25, 0.3) is 5.79 Å². The number of carbonyl (C=O) groups is 5. The molecule has 0 saturated carbocycles. The standard InChI is InChI=1S/C38H38O13/c1-18-24(49-27(39)10-8-6-5-7-9-25-19(2)50-38(4,51-25)36(45)46)15-16-26(48-18)21-13-14-23-30(31(21)40)33(42)22-12-11-20-17-37(3,47)35(44)34(43)28(20)29(22)32(23)41/h5-14,18-19,24-26,35,40,44,47H,15-17H2,1-4H3,(H,45,46)/b6-5+,9-7+,10-8+. The van der Waals surface area contributed by atoms with Gasteiger partial charge >= 0.3 is 11.9 Å². The highest BCUT2D eigenvalue weighted by Crippen LogP contribution is 2.44. The minimum Gasteiger partial charge on any atom is -0.507 e. The summed E-state index contributed by atoms with van der Waals surface area (Å²) in [5.41, 5.74) is -1.75. The maximum Gasteiger partial charge on any atom is 0.364 e. The summed E-state index contributed by atoms with van der Waals surface area (Å²) in [6.07, 6.45) is 5.23. The minimum atomic E-state index is -1.77. The van der Waals surface area contributed by atoms with E-state index < -0.39 is 83.0 Å². The van der Waals surface area contributed by atoms with Crippen LogP contribution in [0, 0.1) is 0 Å². The Balaban J connectivity index is 1.09. The van der Waals surface area contributed by atoms with Gasteiger partial charge in [0.1, 0.15) is 24.1 Å². The van der Waals surface area contributed by atoms with Gasteiger partial charge in [0, 0.05) is 47.2 Å². The molecule has 2 aromatic rings. The summed E-state index contributed by atoms with van der Waals surface area (Å²) in [6, 6.07) is 5.76. The van der Waals surface area contributed by atoms with Crippen molar-refractivity contribution in [3.8, 4) is 5.75 Å². The van der Waals surface area contributed by atoms with E-state index in [0.29, 0.717) is 18.4 Å². The highest BCUT2D eigenvalue weighted by molar-refractivity contribution is 6.32. The van der Waals surface area contributed by atoms with E-state index in [1.807, 2.05) is 0 Å². The van der Waals surface area contributed by atoms with Crippen molar-refractivity contribution in [3.63, 3.8) is 0 Å². The van der Waals surface area contributed by atoms with Crippen LogP contribution >= 0.6 is 0 Å². The van der Waals surface area contributed by atoms with E-state index in [1.54, 1.807) is 38.2 Å². The van der Waals surface area contributed by atoms with E-state index in [0.717, 1.165) is 0 Å². The van der Waals surface area contributed by atoms with Crippen LogP contribution in [0.3, 0.4) is 0 Å². The third-order valence-electron chi connectivity index (χ3n) is 9.80. The molecule has 0 amide bonds. The number of aliphatic carboxylic acids is 1. The van der Waals surface area contributed by atoms with Crippen LogP contribution in [0.5, 0.6) is 5.75 Å². The van der Waals surface area contributed by atoms with Crippen molar-refractivity contribution in [2.24, 2.45) is 0 Å². The maximum atomic E-state index is 13.7. The van der Waals surface area contributed by atoms with E-state index in [2.05, 4.69) is 0 Å². The number of fused-ring (bicyclic) bond motifs is 4. The maximum absolute atomic E-state index is 13.7. The Morgan fingerprint density at radius 1 is 0.882 bits per heavy atom. The lowest BCUT2D eigenvalue weighted by atomic mass is 9.72. The molecule has 2 saturated heterocycles. The summed E-state index contributed by atoms with van der Waals surface area (Å²) in [5, 5.41) is 41.5. The molecule has 13 nitrogen and oxygen atoms in total. The highest BCUT2D eigenvalue weighted by atomic mass is 16.8. The van der Waals surface area contributed by atoms with Gasteiger partial charge in [0.15, 0.2) is 17.3 Å². The predicted octanol–water partition coefficient (Wildman–Crippen LogP) is 3.44. The molecule has 4 aliphatic rings. The number of ketones is 3. The fourth-order valence-electron chi connectivity index (χ4n) is 7.03. The van der Waals surface area contributed by atoms with Gasteiger partial charge in [-0.3, -0.25) is 14.4 Å². The molecule has 2 aliphatic carbocycles. The number of benzene rings is 2. The van der Waals surface area contributed by atoms with E-state index in [1.165, 1.54) is 50.3 Å². The van der Waals surface area contributed by atoms with Crippen LogP contribution in [0.4, 0.5) is 0 Å². The van der Waals surface area contributed by atoms with Gasteiger partial charge in [0.2, 0.25) is 0 Å². The first-order valence-electron chi connectivity index (χ1n) is 16.6. The molecule has 0 radical (unpaired) electrons. The Morgan fingerprint density at radius 3 is 2.24 bits per heavy atom. The SMILES string of the molecule is CC1OC(C)(C(=O)O)OC1/C=C/C=C/C=C/C(=O)OC1CCC(c2ccc3c(c2O)C(=O)c2ccc4c(c2C3=O)C(=O)C(O)C(C)(O)C4)OC1C. The lowest BCUT2D eigenvalue weighted by Gasteiger charge is -2.36. The number of aliphatic hydroxyl groups is 2. The first kappa shape index (κ1) is 36.0. The van der Waals surface area contributed by atoms with Crippen molar-refractivity contribution in [2.75, 3.05) is 0 Å². The summed E-state index contributed by atoms with van der Waals surface area (Å²) in [4.78, 5) is 64.4. The number of rotatable bonds is 7. The molecule has 2 aliphatic heterocycles. The Morgan fingerprint density at radius 2 is 1.55 bits per heavy atom. The number of Topliss-reactive ketones (excluding diaryl/α,β-unsaturated/α-hetero) is 1. The van der Waals surface area contributed by atoms with Crippen LogP contribution in [-0.2, 0) is 35.0 Å². The van der Waals surface area contributed by atoms with Crippen molar-refractivity contribution in [1.29, 1.82) is 0 Å². The number of carbonyl (C=O) groups excluding carboxylic acids is 4. The number of esters is 1. The third-order valence-corrected chi connectivity index (χ3v) is 9.80. The van der Waals surface area contributed by atoms with Crippen LogP contribution in [0.15, 0.2) is 60.7 Å². The topological polar surface area (TPSA) is 203 Å². The molecule has 4 N–H and O–H groups in total. The average Bonchev–Trinajstić information content (AvgIpc) is 3.38. The number of aliphatic hydroxyl groups excluding tert-OH is 1. The van der Waals surface area contributed by atoms with Crippen molar-refractivity contribution >= 4 is 29.3 Å². The van der Waals surface area contributed by atoms with E-state index in [-0.39, 0.29) is 39.8 Å². The minimum absolute atomic E-state index is 0.0834. The molecule has 8 atom stereocenters. The van der Waals surface area contributed by atoms with Crippen LogP contribution in [0.2, 0.25) is 0 Å². The Bertz CT molecular complexity index is 1920. The quantitative estimate of drug-likeness (QED) is 0.159. The van der Waals surface area contributed by atoms with Gasteiger partial charge in [-0.2, -0.15) is 0 Å². The lowest BCUT2D eigenvalue weighted by molar-refractivity contribution is -0.200. The van der Waals surface area contributed by atoms with Gasteiger partial charge in [-0.05, 0) is 51.3 Å². The summed E-state index contributed by atoms with van der Waals surface area (Å²) in [5.74, 6) is -6.11. The number of phenolic OH excluding ortho intramolecular Hbond substituents is 1. The summed E-state index contributed by atoms with van der Waals surface area (Å²) < 4.78 is 22.5. The number of carboxylic acids is 1. The second-order valence-corrected chi connectivity index (χ2v) is 13.6. The Labute approximate surface area is 292 Å². The van der Waals surface area contributed by atoms with Crippen molar-refractivity contribution in [2.45, 2.75) is 95.0 Å². The van der Waals surface area contributed by atoms with Crippen LogP contribution in [-0.4, -0.2) is 91.6 Å². The van der Waals surface area contributed by atoms with Crippen molar-refractivity contribution in [3.05, 3.63) is 99.7 Å². The first-order valence-corrected chi connectivity index (χ1v) is 16.6. The molecule has 6 rings (SSSR count). The normalized spacial score (nSPS) is 32.0. The van der Waals surface area contributed by atoms with Gasteiger partial charge in [-0.15, -0.1) is 0 Å². The monoisotopic (exact) mass is 702 g/mol. The number of hydrogen-bond donors (Lipinski definition) is 4. The Hall–Kier alpha value is -4.79. The molecule has 0 bridgehead atoms. The van der Waals surface area contributed by atoms with E-state index >= 15 is 0 Å². The number of allylic oxidation sites excluding steroid dienone is 4. The van der Waals surface area contributed by atoms with Gasteiger partial charge < -0.3 is 39.4 Å². The van der Waals surface area contributed by atoms with Crippen molar-refractivity contribution in [1.82, 2.24) is 0 Å². The number of hydrogen-bond acceptors (Lipinski definition) is 12. The molecular formula is C38H38O13. The van der Waals surface area contributed by atoms with Crippen LogP contribution < -0.4 is 0 Å². The van der Waals surface area contributed by atoms with Gasteiger partial charge in [-0.25, -0.2) is 9.59 Å². The third kappa shape index (κ3) is 6.47. The van der Waals surface area contributed by atoms with Crippen molar-refractivity contribution < 1.29 is 63.3 Å². The molecule has 51 heavy (non-hydrogen) atoms. The zero-order valence-corrected chi connectivity index (χ0v) is 28.3. The number of aromatic hydroxyl groups is 1. The fourth-order valence-corrected chi connectivity index (χ4v) is 7.03. The summed E-state index contributed by atoms with van der Waals surface area (Å²) >= 11 is 0. The number of ether oxygens (including phenoxy) is 4. The zero-order chi connectivity index (χ0) is 37.0. The van der Waals surface area contributed by atoms with Crippen LogP contribution in [0.25, 0.3) is 0 Å². The lowest BCUT2D eigenvalue weighted by Crippen LogP contribution is -2.50. The van der Waals surface area contributed by atoms with Gasteiger partial charge in [-0.1, -0.05) is 42.5 Å². The zero-order valence-electron chi connectivity index (χ0n) is 28.3. The number of phenols is 1. The fraction of sp³-hybridized carbons (Fsp3) is 0.395. The molecule has 2 aromatic carbocycles.